The molecule has 6 heteroatoms. The topological polar surface area (TPSA) is 67.5 Å². The number of nitrogens with zero attached hydrogens (tertiary/aromatic N) is 3. The lowest BCUT2D eigenvalue weighted by Gasteiger charge is -2.04. The molecule has 0 saturated carbocycles. The highest BCUT2D eigenvalue weighted by Crippen LogP contribution is 2.22. The second kappa shape index (κ2) is 5.83. The standard InChI is InChI=1S/C19H12FN3O2/c20-14-6-7-17(24)15(8-14)19(25)13-10-21-18-9-16(22-23(18)11-13)12-4-2-1-3-5-12/h1-11,24H. The van der Waals surface area contributed by atoms with E-state index in [9.17, 15) is 14.3 Å². The van der Waals surface area contributed by atoms with Gasteiger partial charge in [0, 0.05) is 24.0 Å². The van der Waals surface area contributed by atoms with Crippen LogP contribution in [0.25, 0.3) is 16.9 Å². The predicted molar refractivity (Wildman–Crippen MR) is 89.9 cm³/mol. The molecule has 0 radical (unpaired) electrons. The number of aromatic nitrogens is 3. The minimum Gasteiger partial charge on any atom is -0.507 e. The third-order valence-electron chi connectivity index (χ3n) is 3.85. The molecule has 2 heterocycles. The fourth-order valence-corrected chi connectivity index (χ4v) is 2.59. The van der Waals surface area contributed by atoms with Gasteiger partial charge in [-0.1, -0.05) is 30.3 Å². The largest absolute Gasteiger partial charge is 0.507 e. The first-order valence-corrected chi connectivity index (χ1v) is 7.56. The summed E-state index contributed by atoms with van der Waals surface area (Å²) in [5.74, 6) is -1.40. The lowest BCUT2D eigenvalue weighted by Crippen LogP contribution is -2.05. The number of fused-ring (bicyclic) bond motifs is 1. The number of carbonyl (C=O) groups is 1. The molecule has 2 aromatic carbocycles. The van der Waals surface area contributed by atoms with Gasteiger partial charge in [-0.15, -0.1) is 0 Å². The number of ketones is 1. The van der Waals surface area contributed by atoms with E-state index in [-0.39, 0.29) is 16.9 Å². The van der Waals surface area contributed by atoms with Crippen molar-refractivity contribution in [2.75, 3.05) is 0 Å². The molecule has 2 aromatic heterocycles. The quantitative estimate of drug-likeness (QED) is 0.583. The molecular formula is C19H12FN3O2. The maximum atomic E-state index is 13.4. The number of carbonyl (C=O) groups excluding carboxylic acids is 1. The Hall–Kier alpha value is -3.54. The molecule has 0 atom stereocenters. The van der Waals surface area contributed by atoms with Gasteiger partial charge in [0.05, 0.1) is 16.8 Å². The molecule has 122 valence electrons. The van der Waals surface area contributed by atoms with Crippen molar-refractivity contribution in [1.82, 2.24) is 14.6 Å². The zero-order chi connectivity index (χ0) is 17.4. The predicted octanol–water partition coefficient (Wildman–Crippen LogP) is 3.47. The van der Waals surface area contributed by atoms with Gasteiger partial charge in [0.15, 0.2) is 11.4 Å². The number of rotatable bonds is 3. The third-order valence-corrected chi connectivity index (χ3v) is 3.85. The van der Waals surface area contributed by atoms with Gasteiger partial charge in [-0.2, -0.15) is 5.10 Å². The number of hydrogen-bond acceptors (Lipinski definition) is 4. The summed E-state index contributed by atoms with van der Waals surface area (Å²) < 4.78 is 14.9. The van der Waals surface area contributed by atoms with Crippen LogP contribution in [0, 0.1) is 5.82 Å². The van der Waals surface area contributed by atoms with E-state index in [4.69, 9.17) is 0 Å². The van der Waals surface area contributed by atoms with Crippen LogP contribution in [0.4, 0.5) is 4.39 Å². The highest BCUT2D eigenvalue weighted by atomic mass is 19.1. The Labute approximate surface area is 142 Å². The van der Waals surface area contributed by atoms with E-state index in [1.165, 1.54) is 16.9 Å². The van der Waals surface area contributed by atoms with Gasteiger partial charge in [-0.3, -0.25) is 4.79 Å². The van der Waals surface area contributed by atoms with Crippen molar-refractivity contribution in [3.05, 3.63) is 83.9 Å². The Morgan fingerprint density at radius 2 is 1.88 bits per heavy atom. The van der Waals surface area contributed by atoms with Crippen LogP contribution in [0.2, 0.25) is 0 Å². The summed E-state index contributed by atoms with van der Waals surface area (Å²) in [6.07, 6.45) is 2.90. The Morgan fingerprint density at radius 3 is 2.68 bits per heavy atom. The van der Waals surface area contributed by atoms with Gasteiger partial charge in [-0.05, 0) is 18.2 Å². The molecule has 0 bridgehead atoms. The van der Waals surface area contributed by atoms with E-state index in [0.29, 0.717) is 5.65 Å². The molecule has 0 amide bonds. The lowest BCUT2D eigenvalue weighted by atomic mass is 10.1. The van der Waals surface area contributed by atoms with E-state index in [1.807, 2.05) is 36.4 Å². The average Bonchev–Trinajstić information content (AvgIpc) is 3.07. The molecule has 4 rings (SSSR count). The van der Waals surface area contributed by atoms with Crippen LogP contribution in [0.3, 0.4) is 0 Å². The minimum atomic E-state index is -0.597. The Kier molecular flexibility index (Phi) is 3.50. The Morgan fingerprint density at radius 1 is 1.08 bits per heavy atom. The molecule has 1 N–H and O–H groups in total. The summed E-state index contributed by atoms with van der Waals surface area (Å²) in [4.78, 5) is 16.8. The summed E-state index contributed by atoms with van der Waals surface area (Å²) in [5.41, 5.74) is 2.33. The number of hydrogen-bond donors (Lipinski definition) is 1. The zero-order valence-electron chi connectivity index (χ0n) is 12.9. The molecular weight excluding hydrogens is 321 g/mol. The molecule has 0 fully saturated rings. The summed E-state index contributed by atoms with van der Waals surface area (Å²) in [5, 5.41) is 14.2. The van der Waals surface area contributed by atoms with Crippen LogP contribution in [-0.4, -0.2) is 25.5 Å². The van der Waals surface area contributed by atoms with Crippen molar-refractivity contribution in [2.24, 2.45) is 0 Å². The summed E-state index contributed by atoms with van der Waals surface area (Å²) in [7, 11) is 0. The number of aromatic hydroxyl groups is 1. The molecule has 4 aromatic rings. The van der Waals surface area contributed by atoms with Crippen molar-refractivity contribution in [1.29, 1.82) is 0 Å². The fraction of sp³-hybridized carbons (Fsp3) is 0. The summed E-state index contributed by atoms with van der Waals surface area (Å²) in [6.45, 7) is 0. The second-order valence-corrected chi connectivity index (χ2v) is 5.53. The minimum absolute atomic E-state index is 0.114. The monoisotopic (exact) mass is 333 g/mol. The van der Waals surface area contributed by atoms with E-state index in [2.05, 4.69) is 10.1 Å². The van der Waals surface area contributed by atoms with Gasteiger partial charge in [0.25, 0.3) is 0 Å². The third kappa shape index (κ3) is 2.74. The Bertz CT molecular complexity index is 1090. The van der Waals surface area contributed by atoms with Gasteiger partial charge >= 0.3 is 0 Å². The first-order chi connectivity index (χ1) is 12.1. The molecule has 0 aliphatic rings. The van der Waals surface area contributed by atoms with Crippen molar-refractivity contribution < 1.29 is 14.3 Å². The van der Waals surface area contributed by atoms with Crippen LogP contribution >= 0.6 is 0 Å². The highest BCUT2D eigenvalue weighted by molar-refractivity contribution is 6.10. The van der Waals surface area contributed by atoms with Gasteiger partial charge in [-0.25, -0.2) is 13.9 Å². The summed E-state index contributed by atoms with van der Waals surface area (Å²) in [6, 6.07) is 14.6. The van der Waals surface area contributed by atoms with Gasteiger partial charge in [0.1, 0.15) is 11.6 Å². The number of phenols is 1. The smallest absolute Gasteiger partial charge is 0.199 e. The van der Waals surface area contributed by atoms with Crippen molar-refractivity contribution >= 4 is 11.4 Å². The molecule has 0 spiro atoms. The van der Waals surface area contributed by atoms with Crippen LogP contribution < -0.4 is 0 Å². The SMILES string of the molecule is O=C(c1cnc2cc(-c3ccccc3)nn2c1)c1cc(F)ccc1O. The molecule has 5 nitrogen and oxygen atoms in total. The van der Waals surface area contributed by atoms with Crippen LogP contribution in [0.1, 0.15) is 15.9 Å². The number of halogens is 1. The van der Waals surface area contributed by atoms with Crippen molar-refractivity contribution in [2.45, 2.75) is 0 Å². The second-order valence-electron chi connectivity index (χ2n) is 5.53. The zero-order valence-corrected chi connectivity index (χ0v) is 12.9. The van der Waals surface area contributed by atoms with Crippen LogP contribution in [0.15, 0.2) is 67.0 Å². The first kappa shape index (κ1) is 15.0. The van der Waals surface area contributed by atoms with Gasteiger partial charge in [0.2, 0.25) is 0 Å². The normalized spacial score (nSPS) is 10.9. The van der Waals surface area contributed by atoms with Crippen molar-refractivity contribution in [3.8, 4) is 17.0 Å². The molecule has 25 heavy (non-hydrogen) atoms. The van der Waals surface area contributed by atoms with Crippen LogP contribution in [0.5, 0.6) is 5.75 Å². The van der Waals surface area contributed by atoms with Gasteiger partial charge < -0.3 is 5.11 Å². The fourth-order valence-electron chi connectivity index (χ4n) is 2.59. The Balaban J connectivity index is 1.76. The highest BCUT2D eigenvalue weighted by Gasteiger charge is 2.16. The van der Waals surface area contributed by atoms with E-state index in [1.54, 1.807) is 0 Å². The maximum absolute atomic E-state index is 13.4. The van der Waals surface area contributed by atoms with Crippen LogP contribution in [-0.2, 0) is 0 Å². The average molecular weight is 333 g/mol. The van der Waals surface area contributed by atoms with E-state index in [0.717, 1.165) is 29.5 Å². The molecule has 0 unspecified atom stereocenters. The summed E-state index contributed by atoms with van der Waals surface area (Å²) >= 11 is 0. The maximum Gasteiger partial charge on any atom is 0.199 e. The molecule has 0 aliphatic heterocycles. The molecule has 0 aliphatic carbocycles. The van der Waals surface area contributed by atoms with Crippen molar-refractivity contribution in [3.63, 3.8) is 0 Å². The molecule has 0 saturated heterocycles. The first-order valence-electron chi connectivity index (χ1n) is 7.56. The van der Waals surface area contributed by atoms with E-state index >= 15 is 0 Å². The number of benzene rings is 2. The lowest BCUT2D eigenvalue weighted by molar-refractivity contribution is 0.103. The number of phenolic OH excluding ortho intramolecular Hbond substituents is 1. The van der Waals surface area contributed by atoms with E-state index < -0.39 is 11.6 Å².